The average molecular weight is 329 g/mol. The van der Waals surface area contributed by atoms with E-state index in [1.165, 1.54) is 11.8 Å². The monoisotopic (exact) mass is 329 g/mol. The molecule has 0 aliphatic carbocycles. The molecule has 0 saturated carbocycles. The van der Waals surface area contributed by atoms with Crippen molar-refractivity contribution in [2.24, 2.45) is 5.73 Å². The summed E-state index contributed by atoms with van der Waals surface area (Å²) in [4.78, 5) is 24.4. The largest absolute Gasteiger partial charge is 0.399 e. The zero-order valence-electron chi connectivity index (χ0n) is 12.8. The minimum absolute atomic E-state index is 0.0910. The lowest BCUT2D eigenvalue weighted by Gasteiger charge is -2.15. The molecule has 0 fully saturated rings. The van der Waals surface area contributed by atoms with Crippen molar-refractivity contribution in [2.45, 2.75) is 23.5 Å². The second-order valence-corrected chi connectivity index (χ2v) is 6.29. The molecule has 1 atom stereocenters. The van der Waals surface area contributed by atoms with Crippen LogP contribution in [0.2, 0.25) is 0 Å². The van der Waals surface area contributed by atoms with Gasteiger partial charge in [0.1, 0.15) is 0 Å². The van der Waals surface area contributed by atoms with Gasteiger partial charge in [-0.1, -0.05) is 13.0 Å². The number of thioether (sulfide) groups is 1. The van der Waals surface area contributed by atoms with Crippen molar-refractivity contribution in [1.82, 2.24) is 0 Å². The Hall–Kier alpha value is -2.47. The number of benzene rings is 2. The Bertz CT molecular complexity index is 701. The Morgan fingerprint density at radius 2 is 1.87 bits per heavy atom. The van der Waals surface area contributed by atoms with Crippen LogP contribution in [0, 0.1) is 0 Å². The van der Waals surface area contributed by atoms with E-state index in [4.69, 9.17) is 11.5 Å². The van der Waals surface area contributed by atoms with Crippen molar-refractivity contribution in [3.05, 3.63) is 54.1 Å². The third-order valence-electron chi connectivity index (χ3n) is 3.24. The lowest BCUT2D eigenvalue weighted by molar-refractivity contribution is -0.115. The molecule has 0 aliphatic heterocycles. The second kappa shape index (κ2) is 7.69. The number of hydrogen-bond donors (Lipinski definition) is 3. The summed E-state index contributed by atoms with van der Waals surface area (Å²) in [5.74, 6) is -0.585. The summed E-state index contributed by atoms with van der Waals surface area (Å²) in [7, 11) is 0. The Balaban J connectivity index is 2.03. The number of carbonyl (C=O) groups excluding carboxylic acids is 2. The van der Waals surface area contributed by atoms with E-state index >= 15 is 0 Å². The van der Waals surface area contributed by atoms with E-state index in [0.717, 1.165) is 4.90 Å². The van der Waals surface area contributed by atoms with Crippen LogP contribution in [-0.4, -0.2) is 17.1 Å². The Morgan fingerprint density at radius 3 is 2.43 bits per heavy atom. The number of amides is 2. The molecule has 2 rings (SSSR count). The number of anilines is 2. The maximum Gasteiger partial charge on any atom is 0.248 e. The molecule has 0 heterocycles. The summed E-state index contributed by atoms with van der Waals surface area (Å²) < 4.78 is 0. The van der Waals surface area contributed by atoms with E-state index in [1.54, 1.807) is 24.3 Å². The van der Waals surface area contributed by atoms with Crippen LogP contribution in [0.5, 0.6) is 0 Å². The van der Waals surface area contributed by atoms with E-state index in [-0.39, 0.29) is 11.2 Å². The molecular formula is C17H19N3O2S. The summed E-state index contributed by atoms with van der Waals surface area (Å²) in [6, 6.07) is 14.0. The van der Waals surface area contributed by atoms with Gasteiger partial charge in [0.05, 0.1) is 5.25 Å². The highest BCUT2D eigenvalue weighted by Gasteiger charge is 2.18. The standard InChI is InChI=1S/C17H19N3O2S/c1-2-15(23-14-5-3-4-12(18)10-14)17(22)20-13-8-6-11(7-9-13)16(19)21/h3-10,15H,2,18H2,1H3,(H2,19,21)(H,20,22). The number of primary amides is 1. The molecule has 2 aromatic rings. The highest BCUT2D eigenvalue weighted by atomic mass is 32.2. The van der Waals surface area contributed by atoms with Gasteiger partial charge in [-0.15, -0.1) is 11.8 Å². The molecule has 0 radical (unpaired) electrons. The van der Waals surface area contributed by atoms with Crippen LogP contribution in [-0.2, 0) is 4.79 Å². The molecule has 0 bridgehead atoms. The molecule has 2 amide bonds. The van der Waals surface area contributed by atoms with Gasteiger partial charge in [-0.2, -0.15) is 0 Å². The van der Waals surface area contributed by atoms with Crippen molar-refractivity contribution >= 4 is 35.0 Å². The lowest BCUT2D eigenvalue weighted by Crippen LogP contribution is -2.24. The lowest BCUT2D eigenvalue weighted by atomic mass is 10.2. The molecular weight excluding hydrogens is 310 g/mol. The molecule has 0 aliphatic rings. The molecule has 0 spiro atoms. The summed E-state index contributed by atoms with van der Waals surface area (Å²) in [5, 5.41) is 2.62. The molecule has 0 saturated heterocycles. The van der Waals surface area contributed by atoms with Crippen LogP contribution in [0.4, 0.5) is 11.4 Å². The zero-order valence-corrected chi connectivity index (χ0v) is 13.6. The first-order valence-electron chi connectivity index (χ1n) is 7.22. The van der Waals surface area contributed by atoms with Gasteiger partial charge in [0.2, 0.25) is 11.8 Å². The maximum atomic E-state index is 12.4. The van der Waals surface area contributed by atoms with E-state index in [1.807, 2.05) is 31.2 Å². The predicted molar refractivity (Wildman–Crippen MR) is 94.4 cm³/mol. The molecule has 6 heteroatoms. The van der Waals surface area contributed by atoms with Crippen molar-refractivity contribution in [3.8, 4) is 0 Å². The van der Waals surface area contributed by atoms with Crippen LogP contribution in [0.1, 0.15) is 23.7 Å². The van der Waals surface area contributed by atoms with Gasteiger partial charge in [-0.3, -0.25) is 9.59 Å². The second-order valence-electron chi connectivity index (χ2n) is 5.02. The fraction of sp³-hybridized carbons (Fsp3) is 0.176. The van der Waals surface area contributed by atoms with Crippen LogP contribution >= 0.6 is 11.8 Å². The topological polar surface area (TPSA) is 98.2 Å². The van der Waals surface area contributed by atoms with Gasteiger partial charge in [0.25, 0.3) is 0 Å². The first-order valence-corrected chi connectivity index (χ1v) is 8.10. The Kier molecular flexibility index (Phi) is 5.65. The van der Waals surface area contributed by atoms with Crippen LogP contribution in [0.15, 0.2) is 53.4 Å². The Morgan fingerprint density at radius 1 is 1.17 bits per heavy atom. The molecule has 2 aromatic carbocycles. The number of carbonyl (C=O) groups is 2. The summed E-state index contributed by atoms with van der Waals surface area (Å²) in [5.41, 5.74) is 12.7. The molecule has 5 N–H and O–H groups in total. The highest BCUT2D eigenvalue weighted by Crippen LogP contribution is 2.27. The average Bonchev–Trinajstić information content (AvgIpc) is 2.53. The smallest absolute Gasteiger partial charge is 0.248 e. The third-order valence-corrected chi connectivity index (χ3v) is 4.59. The van der Waals surface area contributed by atoms with Crippen LogP contribution in [0.3, 0.4) is 0 Å². The van der Waals surface area contributed by atoms with Crippen LogP contribution in [0.25, 0.3) is 0 Å². The van der Waals surface area contributed by atoms with E-state index in [9.17, 15) is 9.59 Å². The van der Waals surface area contributed by atoms with Crippen LogP contribution < -0.4 is 16.8 Å². The Labute approximate surface area is 139 Å². The van der Waals surface area contributed by atoms with E-state index in [0.29, 0.717) is 23.4 Å². The fourth-order valence-corrected chi connectivity index (χ4v) is 3.04. The van der Waals surface area contributed by atoms with Crippen molar-refractivity contribution in [2.75, 3.05) is 11.1 Å². The minimum Gasteiger partial charge on any atom is -0.399 e. The van der Waals surface area contributed by atoms with Gasteiger partial charge in [-0.25, -0.2) is 0 Å². The van der Waals surface area contributed by atoms with Gasteiger partial charge in [0.15, 0.2) is 0 Å². The minimum atomic E-state index is -0.494. The third kappa shape index (κ3) is 4.75. The van der Waals surface area contributed by atoms with Gasteiger partial charge < -0.3 is 16.8 Å². The van der Waals surface area contributed by atoms with Gasteiger partial charge in [0, 0.05) is 21.8 Å². The molecule has 1 unspecified atom stereocenters. The quantitative estimate of drug-likeness (QED) is 0.560. The number of nitrogen functional groups attached to an aromatic ring is 1. The maximum absolute atomic E-state index is 12.4. The SMILES string of the molecule is CCC(Sc1cccc(N)c1)C(=O)Nc1ccc(C(N)=O)cc1. The number of nitrogens with one attached hydrogen (secondary N) is 1. The van der Waals surface area contributed by atoms with Gasteiger partial charge >= 0.3 is 0 Å². The number of hydrogen-bond acceptors (Lipinski definition) is 4. The van der Waals surface area contributed by atoms with E-state index in [2.05, 4.69) is 5.32 Å². The number of nitrogens with two attached hydrogens (primary N) is 2. The first kappa shape index (κ1) is 16.9. The first-order chi connectivity index (χ1) is 11.0. The molecule has 120 valence electrons. The van der Waals surface area contributed by atoms with Crippen molar-refractivity contribution < 1.29 is 9.59 Å². The van der Waals surface area contributed by atoms with Crippen molar-refractivity contribution in [3.63, 3.8) is 0 Å². The predicted octanol–water partition coefficient (Wildman–Crippen LogP) is 2.88. The molecule has 5 nitrogen and oxygen atoms in total. The molecule has 0 aromatic heterocycles. The fourth-order valence-electron chi connectivity index (χ4n) is 2.01. The highest BCUT2D eigenvalue weighted by molar-refractivity contribution is 8.00. The normalized spacial score (nSPS) is 11.7. The zero-order chi connectivity index (χ0) is 16.8. The summed E-state index contributed by atoms with van der Waals surface area (Å²) in [6.07, 6.45) is 0.685. The van der Waals surface area contributed by atoms with E-state index < -0.39 is 5.91 Å². The molecule has 23 heavy (non-hydrogen) atoms. The number of rotatable bonds is 6. The van der Waals surface area contributed by atoms with Crippen molar-refractivity contribution in [1.29, 1.82) is 0 Å². The van der Waals surface area contributed by atoms with Gasteiger partial charge in [-0.05, 0) is 48.9 Å². The summed E-state index contributed by atoms with van der Waals surface area (Å²) >= 11 is 1.47. The summed E-state index contributed by atoms with van der Waals surface area (Å²) in [6.45, 7) is 1.96.